The fraction of sp³-hybridized carbons (Fsp3) is 0.143. The smallest absolute Gasteiger partial charge is 0.339 e. The molecular weight excluding hydrogens is 392 g/mol. The van der Waals surface area contributed by atoms with Crippen LogP contribution in [0.1, 0.15) is 22.8 Å². The first kappa shape index (κ1) is 20.6. The van der Waals surface area contributed by atoms with E-state index in [1.54, 1.807) is 19.1 Å². The van der Waals surface area contributed by atoms with Crippen molar-refractivity contribution >= 4 is 35.6 Å². The zero-order chi connectivity index (χ0) is 21.8. The number of carbonyl (C=O) groups excluding carboxylic acids is 3. The van der Waals surface area contributed by atoms with Gasteiger partial charge in [-0.05, 0) is 55.0 Å². The predicted molar refractivity (Wildman–Crippen MR) is 107 cm³/mol. The molecule has 0 radical (unpaired) electrons. The maximum Gasteiger partial charge on any atom is 0.339 e. The Bertz CT molecular complexity index is 1060. The average molecular weight is 410 g/mol. The molecule has 3 rings (SSSR count). The number of urea groups is 1. The normalized spacial score (nSPS) is 15.2. The Morgan fingerprint density at radius 3 is 2.43 bits per heavy atom. The van der Waals surface area contributed by atoms with Crippen molar-refractivity contribution in [3.05, 3.63) is 59.2 Å². The molecular formula is C21H18N2O7. The van der Waals surface area contributed by atoms with E-state index in [1.807, 2.05) is 0 Å². The third kappa shape index (κ3) is 4.00. The molecule has 1 heterocycles. The molecule has 0 saturated carbocycles. The van der Waals surface area contributed by atoms with Crippen LogP contribution >= 0.6 is 0 Å². The molecule has 30 heavy (non-hydrogen) atoms. The summed E-state index contributed by atoms with van der Waals surface area (Å²) in [4.78, 5) is 49.7. The number of barbiturate groups is 1. The summed E-state index contributed by atoms with van der Waals surface area (Å²) in [5.74, 6) is -2.22. The minimum atomic E-state index is -1.21. The topological polar surface area (TPSA) is 122 Å². The molecule has 2 aromatic rings. The number of imide groups is 2. The molecule has 154 valence electrons. The van der Waals surface area contributed by atoms with E-state index in [0.717, 1.165) is 4.90 Å². The third-order valence-corrected chi connectivity index (χ3v) is 4.28. The lowest BCUT2D eigenvalue weighted by Crippen LogP contribution is -2.54. The van der Waals surface area contributed by atoms with E-state index in [-0.39, 0.29) is 29.2 Å². The molecule has 0 atom stereocenters. The number of benzene rings is 2. The fourth-order valence-corrected chi connectivity index (χ4v) is 2.88. The minimum Gasteiger partial charge on any atom is -0.497 e. The molecule has 2 aromatic carbocycles. The Morgan fingerprint density at radius 2 is 1.83 bits per heavy atom. The van der Waals surface area contributed by atoms with Crippen LogP contribution in [-0.4, -0.2) is 42.6 Å². The number of anilines is 1. The number of amides is 4. The van der Waals surface area contributed by atoms with Gasteiger partial charge >= 0.3 is 12.0 Å². The SMILES string of the molecule is CCOc1ccc(C=C2C(=O)NC(=O)N(c3ccc(OC)cc3)C2=O)cc1C(=O)O. The first-order valence-corrected chi connectivity index (χ1v) is 8.91. The Hall–Kier alpha value is -4.14. The number of methoxy groups -OCH3 is 1. The molecule has 0 aliphatic carbocycles. The van der Waals surface area contributed by atoms with E-state index in [9.17, 15) is 24.3 Å². The number of hydrogen-bond donors (Lipinski definition) is 2. The standard InChI is InChI=1S/C21H18N2O7/c1-3-30-17-9-4-12(10-15(17)20(26)27)11-16-18(24)22-21(28)23(19(16)25)13-5-7-14(29-2)8-6-13/h4-11H,3H2,1-2H3,(H,26,27)(H,22,24,28). The summed E-state index contributed by atoms with van der Waals surface area (Å²) in [5.41, 5.74) is 0.108. The van der Waals surface area contributed by atoms with Crippen LogP contribution in [-0.2, 0) is 9.59 Å². The van der Waals surface area contributed by atoms with Crippen LogP contribution in [0.4, 0.5) is 10.5 Å². The van der Waals surface area contributed by atoms with Crippen molar-refractivity contribution in [3.63, 3.8) is 0 Å². The Balaban J connectivity index is 1.99. The first-order chi connectivity index (χ1) is 14.3. The van der Waals surface area contributed by atoms with E-state index < -0.39 is 23.8 Å². The van der Waals surface area contributed by atoms with E-state index in [2.05, 4.69) is 5.32 Å². The van der Waals surface area contributed by atoms with Crippen molar-refractivity contribution in [2.24, 2.45) is 0 Å². The van der Waals surface area contributed by atoms with Crippen molar-refractivity contribution < 1.29 is 33.8 Å². The summed E-state index contributed by atoms with van der Waals surface area (Å²) in [7, 11) is 1.48. The molecule has 4 amide bonds. The van der Waals surface area contributed by atoms with Crippen molar-refractivity contribution in [2.75, 3.05) is 18.6 Å². The molecule has 1 fully saturated rings. The van der Waals surface area contributed by atoms with Crippen LogP contribution in [0.15, 0.2) is 48.0 Å². The number of rotatable bonds is 6. The van der Waals surface area contributed by atoms with E-state index >= 15 is 0 Å². The number of nitrogens with one attached hydrogen (secondary N) is 1. The van der Waals surface area contributed by atoms with Crippen LogP contribution in [0, 0.1) is 0 Å². The molecule has 1 aliphatic heterocycles. The number of hydrogen-bond acceptors (Lipinski definition) is 6. The summed E-state index contributed by atoms with van der Waals surface area (Å²) in [6, 6.07) is 9.50. The number of aromatic carboxylic acids is 1. The Kier molecular flexibility index (Phi) is 5.82. The molecule has 9 nitrogen and oxygen atoms in total. The van der Waals surface area contributed by atoms with E-state index in [1.165, 1.54) is 43.5 Å². The van der Waals surface area contributed by atoms with Crippen molar-refractivity contribution in [3.8, 4) is 11.5 Å². The van der Waals surface area contributed by atoms with Gasteiger partial charge in [0.25, 0.3) is 11.8 Å². The highest BCUT2D eigenvalue weighted by Crippen LogP contribution is 2.26. The molecule has 9 heteroatoms. The molecule has 0 bridgehead atoms. The molecule has 0 aromatic heterocycles. The monoisotopic (exact) mass is 410 g/mol. The Labute approximate surface area is 171 Å². The lowest BCUT2D eigenvalue weighted by atomic mass is 10.0. The number of carboxylic acids is 1. The largest absolute Gasteiger partial charge is 0.497 e. The molecule has 0 unspecified atom stereocenters. The molecule has 1 saturated heterocycles. The summed E-state index contributed by atoms with van der Waals surface area (Å²) >= 11 is 0. The van der Waals surface area contributed by atoms with Gasteiger partial charge in [-0.25, -0.2) is 14.5 Å². The lowest BCUT2D eigenvalue weighted by Gasteiger charge is -2.26. The second kappa shape index (κ2) is 8.48. The van der Waals surface area contributed by atoms with Gasteiger partial charge in [-0.3, -0.25) is 14.9 Å². The highest BCUT2D eigenvalue weighted by atomic mass is 16.5. The maximum absolute atomic E-state index is 12.9. The maximum atomic E-state index is 12.9. The van der Waals surface area contributed by atoms with Gasteiger partial charge in [-0.2, -0.15) is 0 Å². The Morgan fingerprint density at radius 1 is 1.13 bits per heavy atom. The summed E-state index contributed by atoms with van der Waals surface area (Å²) < 4.78 is 10.3. The van der Waals surface area contributed by atoms with Gasteiger partial charge in [-0.15, -0.1) is 0 Å². The van der Waals surface area contributed by atoms with Gasteiger partial charge in [0.1, 0.15) is 22.6 Å². The van der Waals surface area contributed by atoms with Crippen LogP contribution < -0.4 is 19.7 Å². The van der Waals surface area contributed by atoms with Gasteiger partial charge in [0.15, 0.2) is 0 Å². The fourth-order valence-electron chi connectivity index (χ4n) is 2.88. The minimum absolute atomic E-state index is 0.113. The van der Waals surface area contributed by atoms with Crippen molar-refractivity contribution in [1.29, 1.82) is 0 Å². The second-order valence-corrected chi connectivity index (χ2v) is 6.15. The second-order valence-electron chi connectivity index (χ2n) is 6.15. The molecule has 0 spiro atoms. The number of ether oxygens (including phenoxy) is 2. The van der Waals surface area contributed by atoms with Crippen LogP contribution in [0.2, 0.25) is 0 Å². The first-order valence-electron chi connectivity index (χ1n) is 8.91. The van der Waals surface area contributed by atoms with Gasteiger partial charge in [0.2, 0.25) is 0 Å². The van der Waals surface area contributed by atoms with Crippen LogP contribution in [0.25, 0.3) is 6.08 Å². The van der Waals surface area contributed by atoms with Gasteiger partial charge in [-0.1, -0.05) is 6.07 Å². The summed E-state index contributed by atoms with van der Waals surface area (Å²) in [6.07, 6.45) is 1.22. The predicted octanol–water partition coefficient (Wildman–Crippen LogP) is 2.46. The lowest BCUT2D eigenvalue weighted by molar-refractivity contribution is -0.122. The van der Waals surface area contributed by atoms with Crippen LogP contribution in [0.5, 0.6) is 11.5 Å². The average Bonchev–Trinajstić information content (AvgIpc) is 2.72. The van der Waals surface area contributed by atoms with Crippen molar-refractivity contribution in [1.82, 2.24) is 5.32 Å². The number of carboxylic acid groups (broad SMARTS) is 1. The van der Waals surface area contributed by atoms with Crippen LogP contribution in [0.3, 0.4) is 0 Å². The number of carbonyl (C=O) groups is 4. The zero-order valence-electron chi connectivity index (χ0n) is 16.2. The highest BCUT2D eigenvalue weighted by Gasteiger charge is 2.36. The zero-order valence-corrected chi connectivity index (χ0v) is 16.2. The quantitative estimate of drug-likeness (QED) is 0.554. The van der Waals surface area contributed by atoms with Gasteiger partial charge in [0.05, 0.1) is 19.4 Å². The summed E-state index contributed by atoms with van der Waals surface area (Å²) in [5, 5.41) is 11.5. The van der Waals surface area contributed by atoms with E-state index in [4.69, 9.17) is 9.47 Å². The van der Waals surface area contributed by atoms with Gasteiger partial charge in [0, 0.05) is 0 Å². The molecule has 1 aliphatic rings. The highest BCUT2D eigenvalue weighted by molar-refractivity contribution is 6.39. The third-order valence-electron chi connectivity index (χ3n) is 4.28. The van der Waals surface area contributed by atoms with Crippen molar-refractivity contribution in [2.45, 2.75) is 6.92 Å². The number of nitrogens with zero attached hydrogens (tertiary/aromatic N) is 1. The summed E-state index contributed by atoms with van der Waals surface area (Å²) in [6.45, 7) is 2.00. The molecule has 2 N–H and O–H groups in total. The van der Waals surface area contributed by atoms with E-state index in [0.29, 0.717) is 11.3 Å². The van der Waals surface area contributed by atoms with Gasteiger partial charge < -0.3 is 14.6 Å².